The lowest BCUT2D eigenvalue weighted by molar-refractivity contribution is -0.139. The Bertz CT molecular complexity index is 449. The molecule has 0 bridgehead atoms. The molecule has 0 radical (unpaired) electrons. The number of hydrogen-bond acceptors (Lipinski definition) is 3. The number of benzene rings is 1. The van der Waals surface area contributed by atoms with E-state index in [9.17, 15) is 9.59 Å². The number of aliphatic carboxylic acids is 2. The second-order valence-corrected chi connectivity index (χ2v) is 4.27. The van der Waals surface area contributed by atoms with Crippen LogP contribution >= 0.6 is 11.6 Å². The smallest absolute Gasteiger partial charge is 0.326 e. The van der Waals surface area contributed by atoms with Crippen LogP contribution in [0.4, 0.5) is 5.69 Å². The van der Waals surface area contributed by atoms with E-state index in [-0.39, 0.29) is 13.0 Å². The Kier molecular flexibility index (Phi) is 4.97. The quantitative estimate of drug-likeness (QED) is 0.828. The third kappa shape index (κ3) is 3.92. The van der Waals surface area contributed by atoms with Crippen molar-refractivity contribution < 1.29 is 19.8 Å². The minimum atomic E-state index is -1.01. The lowest BCUT2D eigenvalue weighted by Gasteiger charge is -2.28. The molecule has 0 aromatic heterocycles. The summed E-state index contributed by atoms with van der Waals surface area (Å²) in [5.74, 6) is -1.99. The van der Waals surface area contributed by atoms with E-state index in [1.54, 1.807) is 24.3 Å². The van der Waals surface area contributed by atoms with Gasteiger partial charge in [-0.1, -0.05) is 17.7 Å². The molecule has 1 rings (SSSR count). The van der Waals surface area contributed by atoms with Crippen LogP contribution in [-0.2, 0) is 9.59 Å². The van der Waals surface area contributed by atoms with Crippen LogP contribution in [0.1, 0.15) is 13.3 Å². The summed E-state index contributed by atoms with van der Waals surface area (Å²) in [5, 5.41) is 18.2. The standard InChI is InChI=1S/C12H14ClNO4/c1-8(12(17)18)14(6-5-11(15)16)10-4-2-3-9(13)7-10/h2-4,7-8H,5-6H2,1H3,(H,15,16)(H,17,18). The van der Waals surface area contributed by atoms with Crippen molar-refractivity contribution in [2.75, 3.05) is 11.4 Å². The highest BCUT2D eigenvalue weighted by Crippen LogP contribution is 2.21. The Balaban J connectivity index is 2.96. The van der Waals surface area contributed by atoms with E-state index in [1.165, 1.54) is 11.8 Å². The molecule has 0 saturated heterocycles. The molecule has 0 amide bonds. The predicted octanol–water partition coefficient (Wildman–Crippen LogP) is 2.09. The van der Waals surface area contributed by atoms with Crippen molar-refractivity contribution in [1.82, 2.24) is 0 Å². The lowest BCUT2D eigenvalue weighted by atomic mass is 10.2. The summed E-state index contributed by atoms with van der Waals surface area (Å²) < 4.78 is 0. The van der Waals surface area contributed by atoms with E-state index < -0.39 is 18.0 Å². The lowest BCUT2D eigenvalue weighted by Crippen LogP contribution is -2.40. The highest BCUT2D eigenvalue weighted by molar-refractivity contribution is 6.30. The highest BCUT2D eigenvalue weighted by atomic mass is 35.5. The molecule has 0 heterocycles. The molecule has 5 nitrogen and oxygen atoms in total. The van der Waals surface area contributed by atoms with Crippen LogP contribution in [0.3, 0.4) is 0 Å². The average Bonchev–Trinajstić information content (AvgIpc) is 2.28. The Hall–Kier alpha value is -1.75. The zero-order valence-corrected chi connectivity index (χ0v) is 10.6. The third-order valence-corrected chi connectivity index (χ3v) is 2.77. The molecular weight excluding hydrogens is 258 g/mol. The fraction of sp³-hybridized carbons (Fsp3) is 0.333. The van der Waals surface area contributed by atoms with Crippen LogP contribution in [0.5, 0.6) is 0 Å². The van der Waals surface area contributed by atoms with E-state index in [0.717, 1.165) is 0 Å². The Labute approximate surface area is 110 Å². The fourth-order valence-electron chi connectivity index (χ4n) is 1.55. The van der Waals surface area contributed by atoms with Crippen molar-refractivity contribution in [2.24, 2.45) is 0 Å². The second kappa shape index (κ2) is 6.26. The minimum Gasteiger partial charge on any atom is -0.481 e. The zero-order chi connectivity index (χ0) is 13.7. The monoisotopic (exact) mass is 271 g/mol. The van der Waals surface area contributed by atoms with Crippen LogP contribution in [-0.4, -0.2) is 34.7 Å². The van der Waals surface area contributed by atoms with Gasteiger partial charge < -0.3 is 15.1 Å². The number of hydrogen-bond donors (Lipinski definition) is 2. The largest absolute Gasteiger partial charge is 0.481 e. The Morgan fingerprint density at radius 1 is 1.39 bits per heavy atom. The number of carboxylic acid groups (broad SMARTS) is 2. The molecule has 0 spiro atoms. The fourth-order valence-corrected chi connectivity index (χ4v) is 1.74. The van der Waals surface area contributed by atoms with Crippen molar-refractivity contribution in [3.8, 4) is 0 Å². The first-order valence-electron chi connectivity index (χ1n) is 5.38. The Morgan fingerprint density at radius 3 is 2.56 bits per heavy atom. The summed E-state index contributed by atoms with van der Waals surface area (Å²) in [6, 6.07) is 5.87. The molecule has 2 N–H and O–H groups in total. The number of carbonyl (C=O) groups is 2. The maximum absolute atomic E-state index is 11.0. The molecule has 0 aliphatic rings. The van der Waals surface area contributed by atoms with E-state index in [2.05, 4.69) is 0 Å². The van der Waals surface area contributed by atoms with E-state index in [1.807, 2.05) is 0 Å². The predicted molar refractivity (Wildman–Crippen MR) is 68.1 cm³/mol. The molecule has 98 valence electrons. The number of carboxylic acids is 2. The summed E-state index contributed by atoms with van der Waals surface area (Å²) >= 11 is 5.85. The molecule has 0 aliphatic carbocycles. The molecule has 6 heteroatoms. The third-order valence-electron chi connectivity index (χ3n) is 2.53. The van der Waals surface area contributed by atoms with Gasteiger partial charge >= 0.3 is 11.9 Å². The van der Waals surface area contributed by atoms with Gasteiger partial charge in [-0.2, -0.15) is 0 Å². The highest BCUT2D eigenvalue weighted by Gasteiger charge is 2.21. The number of rotatable bonds is 6. The van der Waals surface area contributed by atoms with Crippen molar-refractivity contribution >= 4 is 29.2 Å². The number of halogens is 1. The zero-order valence-electron chi connectivity index (χ0n) is 9.84. The molecule has 0 aliphatic heterocycles. The Morgan fingerprint density at radius 2 is 2.06 bits per heavy atom. The SMILES string of the molecule is CC(C(=O)O)N(CCC(=O)O)c1cccc(Cl)c1. The van der Waals surface area contributed by atoms with Gasteiger partial charge in [0.05, 0.1) is 6.42 Å². The summed E-state index contributed by atoms with van der Waals surface area (Å²) in [5.41, 5.74) is 0.596. The van der Waals surface area contributed by atoms with Crippen molar-refractivity contribution in [3.63, 3.8) is 0 Å². The van der Waals surface area contributed by atoms with Gasteiger partial charge in [-0.25, -0.2) is 4.79 Å². The molecule has 1 aromatic rings. The van der Waals surface area contributed by atoms with Gasteiger partial charge in [0.2, 0.25) is 0 Å². The van der Waals surface area contributed by atoms with E-state index in [4.69, 9.17) is 21.8 Å². The molecular formula is C12H14ClNO4. The second-order valence-electron chi connectivity index (χ2n) is 3.83. The van der Waals surface area contributed by atoms with Crippen LogP contribution in [0.2, 0.25) is 5.02 Å². The molecule has 1 atom stereocenters. The maximum atomic E-state index is 11.0. The van der Waals surface area contributed by atoms with E-state index in [0.29, 0.717) is 10.7 Å². The first-order chi connectivity index (χ1) is 8.41. The van der Waals surface area contributed by atoms with Gasteiger partial charge in [-0.3, -0.25) is 4.79 Å². The van der Waals surface area contributed by atoms with Gasteiger partial charge in [-0.15, -0.1) is 0 Å². The minimum absolute atomic E-state index is 0.114. The average molecular weight is 272 g/mol. The first-order valence-corrected chi connectivity index (χ1v) is 5.76. The van der Waals surface area contributed by atoms with Crippen molar-refractivity contribution in [3.05, 3.63) is 29.3 Å². The summed E-state index contributed by atoms with van der Waals surface area (Å²) in [6.07, 6.45) is -0.135. The summed E-state index contributed by atoms with van der Waals surface area (Å²) in [4.78, 5) is 23.1. The van der Waals surface area contributed by atoms with Crippen LogP contribution < -0.4 is 4.90 Å². The summed E-state index contributed by atoms with van der Waals surface area (Å²) in [7, 11) is 0. The first kappa shape index (κ1) is 14.3. The normalized spacial score (nSPS) is 11.9. The number of anilines is 1. The van der Waals surface area contributed by atoms with Crippen LogP contribution in [0.25, 0.3) is 0 Å². The van der Waals surface area contributed by atoms with Gasteiger partial charge in [0.25, 0.3) is 0 Å². The number of nitrogens with zero attached hydrogens (tertiary/aromatic N) is 1. The van der Waals surface area contributed by atoms with Gasteiger partial charge in [-0.05, 0) is 25.1 Å². The van der Waals surface area contributed by atoms with E-state index >= 15 is 0 Å². The molecule has 1 aromatic carbocycles. The maximum Gasteiger partial charge on any atom is 0.326 e. The van der Waals surface area contributed by atoms with Crippen molar-refractivity contribution in [1.29, 1.82) is 0 Å². The molecule has 18 heavy (non-hydrogen) atoms. The molecule has 0 saturated carbocycles. The van der Waals surface area contributed by atoms with Crippen molar-refractivity contribution in [2.45, 2.75) is 19.4 Å². The topological polar surface area (TPSA) is 77.8 Å². The van der Waals surface area contributed by atoms with Crippen LogP contribution in [0.15, 0.2) is 24.3 Å². The van der Waals surface area contributed by atoms with Crippen LogP contribution in [0, 0.1) is 0 Å². The molecule has 0 fully saturated rings. The molecule has 1 unspecified atom stereocenters. The van der Waals surface area contributed by atoms with Gasteiger partial charge in [0.1, 0.15) is 6.04 Å². The van der Waals surface area contributed by atoms with Gasteiger partial charge in [0, 0.05) is 17.3 Å². The summed E-state index contributed by atoms with van der Waals surface area (Å²) in [6.45, 7) is 1.62. The van der Waals surface area contributed by atoms with Gasteiger partial charge in [0.15, 0.2) is 0 Å².